The van der Waals surface area contributed by atoms with Crippen molar-refractivity contribution >= 4 is 5.91 Å². The molecular formula is C13H15FN2O2. The van der Waals surface area contributed by atoms with Crippen molar-refractivity contribution in [3.63, 3.8) is 0 Å². The molecule has 1 atom stereocenters. The Bertz CT molecular complexity index is 480. The monoisotopic (exact) mass is 250 g/mol. The first kappa shape index (κ1) is 14.0. The minimum Gasteiger partial charge on any atom is -0.496 e. The number of nitrogens with one attached hydrogen (secondary N) is 1. The van der Waals surface area contributed by atoms with Crippen molar-refractivity contribution in [3.05, 3.63) is 29.6 Å². The average Bonchev–Trinajstić information content (AvgIpc) is 2.34. The minimum absolute atomic E-state index is 0.0586. The number of amides is 1. The summed E-state index contributed by atoms with van der Waals surface area (Å²) in [6, 6.07) is 5.42. The van der Waals surface area contributed by atoms with E-state index in [2.05, 4.69) is 5.32 Å². The predicted molar refractivity (Wildman–Crippen MR) is 64.7 cm³/mol. The van der Waals surface area contributed by atoms with Gasteiger partial charge in [0, 0.05) is 0 Å². The molecule has 96 valence electrons. The third-order valence-corrected chi connectivity index (χ3v) is 2.51. The lowest BCUT2D eigenvalue weighted by Crippen LogP contribution is -2.37. The Hall–Kier alpha value is -2.09. The van der Waals surface area contributed by atoms with E-state index in [-0.39, 0.29) is 17.2 Å². The van der Waals surface area contributed by atoms with Crippen LogP contribution >= 0.6 is 0 Å². The molecule has 0 fully saturated rings. The zero-order valence-corrected chi connectivity index (χ0v) is 10.5. The molecular weight excluding hydrogens is 235 g/mol. The Labute approximate surface area is 105 Å². The summed E-state index contributed by atoms with van der Waals surface area (Å²) in [7, 11) is 1.36. The third-order valence-electron chi connectivity index (χ3n) is 2.51. The molecule has 18 heavy (non-hydrogen) atoms. The van der Waals surface area contributed by atoms with Crippen molar-refractivity contribution in [2.75, 3.05) is 7.11 Å². The Morgan fingerprint density at radius 2 is 2.17 bits per heavy atom. The number of hydrogen-bond acceptors (Lipinski definition) is 3. The summed E-state index contributed by atoms with van der Waals surface area (Å²) in [5, 5.41) is 11.4. The molecule has 1 N–H and O–H groups in total. The van der Waals surface area contributed by atoms with Gasteiger partial charge in [0.2, 0.25) is 0 Å². The van der Waals surface area contributed by atoms with Gasteiger partial charge >= 0.3 is 0 Å². The molecule has 0 saturated carbocycles. The number of benzene rings is 1. The molecule has 0 bridgehead atoms. The Morgan fingerprint density at radius 1 is 1.50 bits per heavy atom. The van der Waals surface area contributed by atoms with Gasteiger partial charge in [0.05, 0.1) is 13.2 Å². The number of nitriles is 1. The maximum atomic E-state index is 13.6. The van der Waals surface area contributed by atoms with Gasteiger partial charge in [0.1, 0.15) is 23.2 Å². The lowest BCUT2D eigenvalue weighted by atomic mass is 10.1. The van der Waals surface area contributed by atoms with Gasteiger partial charge in [0.15, 0.2) is 0 Å². The number of hydrogen-bond donors (Lipinski definition) is 1. The minimum atomic E-state index is -0.674. The van der Waals surface area contributed by atoms with Crippen molar-refractivity contribution in [2.24, 2.45) is 5.92 Å². The van der Waals surface area contributed by atoms with Gasteiger partial charge in [-0.1, -0.05) is 19.9 Å². The molecule has 0 saturated heterocycles. The smallest absolute Gasteiger partial charge is 0.259 e. The lowest BCUT2D eigenvalue weighted by molar-refractivity contribution is 0.0930. The highest BCUT2D eigenvalue weighted by Gasteiger charge is 2.22. The van der Waals surface area contributed by atoms with Gasteiger partial charge in [-0.2, -0.15) is 5.26 Å². The van der Waals surface area contributed by atoms with Gasteiger partial charge in [-0.15, -0.1) is 0 Å². The number of carbonyl (C=O) groups excluding carboxylic acids is 1. The fraction of sp³-hybridized carbons (Fsp3) is 0.385. The van der Waals surface area contributed by atoms with E-state index in [0.29, 0.717) is 0 Å². The zero-order valence-electron chi connectivity index (χ0n) is 10.5. The van der Waals surface area contributed by atoms with E-state index in [0.717, 1.165) is 0 Å². The van der Waals surface area contributed by atoms with Crippen LogP contribution in [0, 0.1) is 23.1 Å². The van der Waals surface area contributed by atoms with Gasteiger partial charge < -0.3 is 10.1 Å². The molecule has 5 heteroatoms. The molecule has 1 unspecified atom stereocenters. The van der Waals surface area contributed by atoms with Crippen LogP contribution in [0.4, 0.5) is 4.39 Å². The van der Waals surface area contributed by atoms with Gasteiger partial charge in [-0.25, -0.2) is 4.39 Å². The molecule has 0 heterocycles. The highest BCUT2D eigenvalue weighted by molar-refractivity contribution is 5.97. The van der Waals surface area contributed by atoms with Crippen LogP contribution < -0.4 is 10.1 Å². The van der Waals surface area contributed by atoms with E-state index in [1.54, 1.807) is 13.8 Å². The van der Waals surface area contributed by atoms with Crippen LogP contribution in [-0.2, 0) is 0 Å². The number of nitrogens with zero attached hydrogens (tertiary/aromatic N) is 1. The maximum Gasteiger partial charge on any atom is 0.259 e. The number of methoxy groups -OCH3 is 1. The summed E-state index contributed by atoms with van der Waals surface area (Å²) in [5.41, 5.74) is -0.180. The second-order valence-corrected chi connectivity index (χ2v) is 4.14. The van der Waals surface area contributed by atoms with Gasteiger partial charge in [-0.3, -0.25) is 4.79 Å². The standard InChI is InChI=1S/C13H15FN2O2/c1-8(2)10(7-15)16-13(17)12-9(14)5-4-6-11(12)18-3/h4-6,8,10H,1-3H3,(H,16,17). The SMILES string of the molecule is COc1cccc(F)c1C(=O)NC(C#N)C(C)C. The molecule has 1 amide bonds. The first-order valence-corrected chi connectivity index (χ1v) is 5.54. The molecule has 0 aliphatic rings. The van der Waals surface area contributed by atoms with E-state index in [9.17, 15) is 9.18 Å². The molecule has 0 aliphatic heterocycles. The largest absolute Gasteiger partial charge is 0.496 e. The van der Waals surface area contributed by atoms with Crippen LogP contribution in [0.25, 0.3) is 0 Å². The van der Waals surface area contributed by atoms with Crippen molar-refractivity contribution < 1.29 is 13.9 Å². The van der Waals surface area contributed by atoms with Gasteiger partial charge in [0.25, 0.3) is 5.91 Å². The second kappa shape index (κ2) is 6.01. The van der Waals surface area contributed by atoms with Crippen LogP contribution in [0.2, 0.25) is 0 Å². The van der Waals surface area contributed by atoms with E-state index in [1.807, 2.05) is 6.07 Å². The van der Waals surface area contributed by atoms with Crippen LogP contribution in [0.1, 0.15) is 24.2 Å². The summed E-state index contributed by atoms with van der Waals surface area (Å²) in [6.07, 6.45) is 0. The molecule has 4 nitrogen and oxygen atoms in total. The summed E-state index contributed by atoms with van der Waals surface area (Å²) < 4.78 is 18.6. The fourth-order valence-corrected chi connectivity index (χ4v) is 1.46. The second-order valence-electron chi connectivity index (χ2n) is 4.14. The highest BCUT2D eigenvalue weighted by Crippen LogP contribution is 2.21. The first-order chi connectivity index (χ1) is 8.51. The fourth-order valence-electron chi connectivity index (χ4n) is 1.46. The summed E-state index contributed by atoms with van der Waals surface area (Å²) in [6.45, 7) is 3.60. The molecule has 0 aromatic heterocycles. The highest BCUT2D eigenvalue weighted by atomic mass is 19.1. The molecule has 0 aliphatic carbocycles. The molecule has 0 spiro atoms. The lowest BCUT2D eigenvalue weighted by Gasteiger charge is -2.16. The number of ether oxygens (including phenoxy) is 1. The Balaban J connectivity index is 3.01. The van der Waals surface area contributed by atoms with E-state index >= 15 is 0 Å². The zero-order chi connectivity index (χ0) is 13.7. The number of halogens is 1. The maximum absolute atomic E-state index is 13.6. The summed E-state index contributed by atoms with van der Waals surface area (Å²) >= 11 is 0. The number of rotatable bonds is 4. The van der Waals surface area contributed by atoms with Crippen molar-refractivity contribution in [3.8, 4) is 11.8 Å². The Morgan fingerprint density at radius 3 is 2.67 bits per heavy atom. The van der Waals surface area contributed by atoms with Crippen molar-refractivity contribution in [2.45, 2.75) is 19.9 Å². The van der Waals surface area contributed by atoms with E-state index in [1.165, 1.54) is 25.3 Å². The molecule has 1 aromatic rings. The topological polar surface area (TPSA) is 62.1 Å². The Kier molecular flexibility index (Phi) is 4.67. The number of carbonyl (C=O) groups is 1. The molecule has 1 aromatic carbocycles. The third kappa shape index (κ3) is 2.98. The van der Waals surface area contributed by atoms with E-state index < -0.39 is 17.8 Å². The van der Waals surface area contributed by atoms with Gasteiger partial charge in [-0.05, 0) is 18.1 Å². The van der Waals surface area contributed by atoms with Crippen molar-refractivity contribution in [1.82, 2.24) is 5.32 Å². The first-order valence-electron chi connectivity index (χ1n) is 5.54. The van der Waals surface area contributed by atoms with Crippen LogP contribution in [0.5, 0.6) is 5.75 Å². The van der Waals surface area contributed by atoms with E-state index in [4.69, 9.17) is 10.00 Å². The predicted octanol–water partition coefficient (Wildman–Crippen LogP) is 2.11. The van der Waals surface area contributed by atoms with Crippen LogP contribution in [0.3, 0.4) is 0 Å². The summed E-state index contributed by atoms with van der Waals surface area (Å²) in [5.74, 6) is -1.23. The normalized spacial score (nSPS) is 11.8. The summed E-state index contributed by atoms with van der Waals surface area (Å²) in [4.78, 5) is 11.9. The quantitative estimate of drug-likeness (QED) is 0.890. The van der Waals surface area contributed by atoms with Crippen LogP contribution in [-0.4, -0.2) is 19.1 Å². The average molecular weight is 250 g/mol. The molecule has 1 rings (SSSR count). The van der Waals surface area contributed by atoms with Crippen molar-refractivity contribution in [1.29, 1.82) is 5.26 Å². The molecule has 0 radical (unpaired) electrons. The van der Waals surface area contributed by atoms with Crippen LogP contribution in [0.15, 0.2) is 18.2 Å².